The fourth-order valence-electron chi connectivity index (χ4n) is 3.80. The molecule has 2 aliphatic rings. The van der Waals surface area contributed by atoms with Crippen molar-refractivity contribution in [2.75, 3.05) is 12.0 Å². The maximum Gasteiger partial charge on any atom is 0.271 e. The minimum atomic E-state index is -1.39. The van der Waals surface area contributed by atoms with Gasteiger partial charge < -0.3 is 15.0 Å². The van der Waals surface area contributed by atoms with Crippen molar-refractivity contribution >= 4 is 40.3 Å². The number of nitrogens with one attached hydrogen (secondary N) is 1. The number of anilines is 1. The first kappa shape index (κ1) is 20.9. The summed E-state index contributed by atoms with van der Waals surface area (Å²) in [6, 6.07) is 13.2. The fourth-order valence-corrected chi connectivity index (χ4v) is 5.12. The number of benzene rings is 2. The Kier molecular flexibility index (Phi) is 5.22. The van der Waals surface area contributed by atoms with E-state index >= 15 is 0 Å². The molecule has 1 N–H and O–H groups in total. The number of aryl methyl sites for hydroxylation is 1. The number of amidine groups is 1. The molecule has 4 rings (SSSR count). The van der Waals surface area contributed by atoms with Crippen molar-refractivity contribution in [1.82, 2.24) is 10.3 Å². The molecule has 0 unspecified atom stereocenters. The zero-order valence-electron chi connectivity index (χ0n) is 17.6. The van der Waals surface area contributed by atoms with Crippen LogP contribution in [0.15, 0.2) is 47.6 Å². The number of thioether (sulfide) groups is 1. The van der Waals surface area contributed by atoms with E-state index in [1.807, 2.05) is 49.4 Å². The monoisotopic (exact) mass is 438 g/mol. The van der Waals surface area contributed by atoms with Crippen LogP contribution in [-0.2, 0) is 25.8 Å². The summed E-state index contributed by atoms with van der Waals surface area (Å²) in [6.45, 7) is 4.97. The minimum absolute atomic E-state index is 0.217. The number of ether oxygens (including phenoxy) is 1. The topological polar surface area (TPSA) is 91.3 Å². The summed E-state index contributed by atoms with van der Waals surface area (Å²) in [5.74, 6) is -0.267. The van der Waals surface area contributed by atoms with Crippen LogP contribution in [0.25, 0.3) is 0 Å². The number of hydrogen-bond acceptors (Lipinski definition) is 6. The molecule has 0 aliphatic carbocycles. The standard InChI is InChI=1S/C22H22N4O4S/c1-13-5-10-19-18(11-13)22(26(15(3)28)24-21(31-22)23-14(2)27)20(29)25(19)12-16-6-8-17(30-4)9-7-16/h5-11H,12H2,1-4H3,(H,23,24,27)/t22-/m0/s1. The molecule has 2 aromatic carbocycles. The van der Waals surface area contributed by atoms with E-state index in [0.29, 0.717) is 17.8 Å². The molecule has 0 saturated heterocycles. The van der Waals surface area contributed by atoms with Crippen molar-refractivity contribution in [2.45, 2.75) is 32.2 Å². The Balaban J connectivity index is 1.79. The van der Waals surface area contributed by atoms with Gasteiger partial charge in [-0.3, -0.25) is 14.4 Å². The number of amides is 3. The Labute approximate surface area is 184 Å². The Morgan fingerprint density at radius 2 is 1.87 bits per heavy atom. The van der Waals surface area contributed by atoms with Crippen LogP contribution in [0.1, 0.15) is 30.5 Å². The Bertz CT molecular complexity index is 1110. The Morgan fingerprint density at radius 3 is 2.48 bits per heavy atom. The molecule has 1 spiro atoms. The first-order valence-electron chi connectivity index (χ1n) is 9.68. The summed E-state index contributed by atoms with van der Waals surface area (Å²) in [4.78, 5) is 38.3. The maximum atomic E-state index is 13.9. The third-order valence-corrected chi connectivity index (χ3v) is 6.40. The minimum Gasteiger partial charge on any atom is -0.497 e. The molecule has 0 aromatic heterocycles. The van der Waals surface area contributed by atoms with E-state index in [-0.39, 0.29) is 22.9 Å². The number of hydrogen-bond donors (Lipinski definition) is 1. The van der Waals surface area contributed by atoms with E-state index in [1.54, 1.807) is 12.0 Å². The number of rotatable bonds is 3. The highest BCUT2D eigenvalue weighted by Crippen LogP contribution is 2.54. The van der Waals surface area contributed by atoms with Gasteiger partial charge in [0.25, 0.3) is 5.91 Å². The average molecular weight is 439 g/mol. The van der Waals surface area contributed by atoms with Gasteiger partial charge in [-0.05, 0) is 42.4 Å². The lowest BCUT2D eigenvalue weighted by Crippen LogP contribution is -2.48. The normalized spacial score (nSPS) is 19.5. The predicted molar refractivity (Wildman–Crippen MR) is 118 cm³/mol. The zero-order chi connectivity index (χ0) is 22.3. The molecule has 2 aromatic rings. The van der Waals surface area contributed by atoms with Crippen molar-refractivity contribution in [2.24, 2.45) is 5.10 Å². The van der Waals surface area contributed by atoms with Crippen molar-refractivity contribution in [1.29, 1.82) is 0 Å². The summed E-state index contributed by atoms with van der Waals surface area (Å²) in [6.07, 6.45) is 0. The molecular formula is C22H22N4O4S. The van der Waals surface area contributed by atoms with Crippen LogP contribution in [0.2, 0.25) is 0 Å². The molecular weight excluding hydrogens is 416 g/mol. The quantitative estimate of drug-likeness (QED) is 0.796. The molecule has 3 amide bonds. The highest BCUT2D eigenvalue weighted by atomic mass is 32.2. The summed E-state index contributed by atoms with van der Waals surface area (Å²) < 4.78 is 5.21. The molecule has 0 saturated carbocycles. The molecule has 31 heavy (non-hydrogen) atoms. The lowest BCUT2D eigenvalue weighted by atomic mass is 10.0. The van der Waals surface area contributed by atoms with Crippen LogP contribution >= 0.6 is 11.8 Å². The Hall–Kier alpha value is -3.33. The van der Waals surface area contributed by atoms with E-state index in [2.05, 4.69) is 10.4 Å². The number of carbonyl (C=O) groups is 3. The van der Waals surface area contributed by atoms with Gasteiger partial charge in [-0.1, -0.05) is 29.8 Å². The maximum absolute atomic E-state index is 13.9. The molecule has 0 fully saturated rings. The molecule has 2 heterocycles. The van der Waals surface area contributed by atoms with E-state index < -0.39 is 4.87 Å². The average Bonchev–Trinajstić information content (AvgIpc) is 3.21. The van der Waals surface area contributed by atoms with Gasteiger partial charge in [-0.15, -0.1) is 5.10 Å². The highest BCUT2D eigenvalue weighted by Gasteiger charge is 2.61. The van der Waals surface area contributed by atoms with Gasteiger partial charge in [0, 0.05) is 19.4 Å². The van der Waals surface area contributed by atoms with Gasteiger partial charge >= 0.3 is 0 Å². The SMILES string of the molecule is COc1ccc(CN2C(=O)[C@@]3(SC(NC(C)=O)=NN3C(C)=O)c3cc(C)ccc32)cc1. The van der Waals surface area contributed by atoms with Gasteiger partial charge in [0.1, 0.15) is 5.75 Å². The second-order valence-corrected chi connectivity index (χ2v) is 8.60. The molecule has 160 valence electrons. The third kappa shape index (κ3) is 3.44. The summed E-state index contributed by atoms with van der Waals surface area (Å²) in [7, 11) is 1.60. The number of fused-ring (bicyclic) bond motifs is 2. The number of methoxy groups -OCH3 is 1. The Morgan fingerprint density at radius 1 is 1.16 bits per heavy atom. The number of nitrogens with zero attached hydrogens (tertiary/aromatic N) is 3. The van der Waals surface area contributed by atoms with E-state index in [1.165, 1.54) is 18.9 Å². The van der Waals surface area contributed by atoms with Gasteiger partial charge in [0.15, 0.2) is 5.17 Å². The zero-order valence-corrected chi connectivity index (χ0v) is 18.4. The van der Waals surface area contributed by atoms with Gasteiger partial charge in [0.2, 0.25) is 16.7 Å². The van der Waals surface area contributed by atoms with Crippen molar-refractivity contribution in [3.05, 3.63) is 59.2 Å². The van der Waals surface area contributed by atoms with Crippen LogP contribution in [0.5, 0.6) is 5.75 Å². The van der Waals surface area contributed by atoms with Gasteiger partial charge in [-0.25, -0.2) is 0 Å². The number of hydrazone groups is 1. The molecule has 9 heteroatoms. The van der Waals surface area contributed by atoms with E-state index in [0.717, 1.165) is 28.6 Å². The van der Waals surface area contributed by atoms with Crippen LogP contribution in [0, 0.1) is 6.92 Å². The first-order valence-corrected chi connectivity index (χ1v) is 10.5. The van der Waals surface area contributed by atoms with Crippen LogP contribution in [-0.4, -0.2) is 35.0 Å². The van der Waals surface area contributed by atoms with Gasteiger partial charge in [0.05, 0.1) is 19.3 Å². The van der Waals surface area contributed by atoms with Crippen molar-refractivity contribution in [3.8, 4) is 5.75 Å². The summed E-state index contributed by atoms with van der Waals surface area (Å²) in [5.41, 5.74) is 3.26. The first-order chi connectivity index (χ1) is 14.8. The second kappa shape index (κ2) is 7.73. The molecule has 1 atom stereocenters. The molecule has 0 bridgehead atoms. The third-order valence-electron chi connectivity index (χ3n) is 5.16. The smallest absolute Gasteiger partial charge is 0.271 e. The highest BCUT2D eigenvalue weighted by molar-refractivity contribution is 8.15. The lowest BCUT2D eigenvalue weighted by molar-refractivity contribution is -0.139. The second-order valence-electron chi connectivity index (χ2n) is 7.42. The van der Waals surface area contributed by atoms with Crippen LogP contribution < -0.4 is 15.0 Å². The predicted octanol–water partition coefficient (Wildman–Crippen LogP) is 2.71. The molecule has 8 nitrogen and oxygen atoms in total. The molecule has 0 radical (unpaired) electrons. The fraction of sp³-hybridized carbons (Fsp3) is 0.273. The van der Waals surface area contributed by atoms with Crippen molar-refractivity contribution < 1.29 is 19.1 Å². The number of carbonyl (C=O) groups excluding carboxylic acids is 3. The van der Waals surface area contributed by atoms with E-state index in [4.69, 9.17) is 4.74 Å². The van der Waals surface area contributed by atoms with Crippen molar-refractivity contribution in [3.63, 3.8) is 0 Å². The van der Waals surface area contributed by atoms with Crippen LogP contribution in [0.3, 0.4) is 0 Å². The van der Waals surface area contributed by atoms with E-state index in [9.17, 15) is 14.4 Å². The lowest BCUT2D eigenvalue weighted by Gasteiger charge is -2.29. The largest absolute Gasteiger partial charge is 0.497 e. The summed E-state index contributed by atoms with van der Waals surface area (Å²) in [5, 5.41) is 8.29. The summed E-state index contributed by atoms with van der Waals surface area (Å²) >= 11 is 1.08. The van der Waals surface area contributed by atoms with Crippen LogP contribution in [0.4, 0.5) is 5.69 Å². The molecule has 2 aliphatic heterocycles. The van der Waals surface area contributed by atoms with Gasteiger partial charge in [-0.2, -0.15) is 5.01 Å².